The minimum absolute atomic E-state index is 0.0453. The average molecular weight is 254 g/mol. The molecule has 3 nitrogen and oxygen atoms in total. The molecule has 0 bridgehead atoms. The van der Waals surface area contributed by atoms with E-state index in [-0.39, 0.29) is 5.56 Å². The molecule has 1 heterocycles. The van der Waals surface area contributed by atoms with E-state index in [2.05, 4.69) is 10.3 Å². The maximum absolute atomic E-state index is 12.8. The molecule has 0 radical (unpaired) electrons. The Morgan fingerprint density at radius 1 is 1.22 bits per heavy atom. The van der Waals surface area contributed by atoms with E-state index in [0.717, 1.165) is 6.07 Å². The van der Waals surface area contributed by atoms with Gasteiger partial charge in [0.25, 0.3) is 0 Å². The van der Waals surface area contributed by atoms with Crippen molar-refractivity contribution in [2.24, 2.45) is 0 Å². The Morgan fingerprint density at radius 2 is 1.94 bits per heavy atom. The number of alkyl halides is 3. The van der Waals surface area contributed by atoms with Gasteiger partial charge in [-0.05, 0) is 12.1 Å². The number of carbonyl (C=O) groups excluding carboxylic acids is 1. The van der Waals surface area contributed by atoms with Crippen LogP contribution in [0, 0.1) is 0 Å². The number of carbonyl (C=O) groups is 1. The highest BCUT2D eigenvalue weighted by atomic mass is 19.4. The Morgan fingerprint density at radius 3 is 2.61 bits per heavy atom. The smallest absolute Gasteiger partial charge is 0.359 e. The monoisotopic (exact) mass is 254 g/mol. The van der Waals surface area contributed by atoms with Gasteiger partial charge in [-0.3, -0.25) is 4.79 Å². The molecule has 1 aromatic carbocycles. The first-order valence-corrected chi connectivity index (χ1v) is 5.07. The summed E-state index contributed by atoms with van der Waals surface area (Å²) in [5, 5.41) is 2.36. The molecule has 0 saturated heterocycles. The zero-order chi connectivity index (χ0) is 13.2. The van der Waals surface area contributed by atoms with Crippen molar-refractivity contribution in [2.45, 2.75) is 6.18 Å². The van der Waals surface area contributed by atoms with Gasteiger partial charge in [0.05, 0.1) is 11.3 Å². The van der Waals surface area contributed by atoms with Crippen LogP contribution in [0.5, 0.6) is 0 Å². The van der Waals surface area contributed by atoms with Crippen molar-refractivity contribution in [3.63, 3.8) is 0 Å². The Labute approximate surface area is 101 Å². The first-order chi connectivity index (χ1) is 8.52. The lowest BCUT2D eigenvalue weighted by Gasteiger charge is -2.11. The van der Waals surface area contributed by atoms with Gasteiger partial charge in [0.2, 0.25) is 6.41 Å². The number of rotatable bonds is 3. The van der Waals surface area contributed by atoms with Crippen LogP contribution >= 0.6 is 0 Å². The number of nitrogens with one attached hydrogen (secondary N) is 2. The Balaban J connectivity index is 2.46. The molecular weight excluding hydrogens is 245 g/mol. The minimum Gasteiger partial charge on any atom is -0.359 e. The van der Waals surface area contributed by atoms with Crippen LogP contribution in [0.1, 0.15) is 5.56 Å². The molecule has 0 fully saturated rings. The van der Waals surface area contributed by atoms with Crippen LogP contribution in [-0.4, -0.2) is 11.4 Å². The van der Waals surface area contributed by atoms with Crippen molar-refractivity contribution in [1.29, 1.82) is 0 Å². The zero-order valence-electron chi connectivity index (χ0n) is 9.08. The third-order valence-electron chi connectivity index (χ3n) is 2.43. The fourth-order valence-electron chi connectivity index (χ4n) is 1.67. The number of H-pyrrole nitrogens is 1. The van der Waals surface area contributed by atoms with Crippen molar-refractivity contribution in [3.05, 3.63) is 42.1 Å². The molecular formula is C12H9F3N2O. The molecule has 0 spiro atoms. The molecule has 18 heavy (non-hydrogen) atoms. The summed E-state index contributed by atoms with van der Waals surface area (Å²) in [6.07, 6.45) is -2.53. The van der Waals surface area contributed by atoms with Crippen molar-refractivity contribution in [1.82, 2.24) is 4.98 Å². The zero-order valence-corrected chi connectivity index (χ0v) is 9.08. The van der Waals surface area contributed by atoms with E-state index in [1.54, 1.807) is 0 Å². The van der Waals surface area contributed by atoms with E-state index in [0.29, 0.717) is 17.8 Å². The highest BCUT2D eigenvalue weighted by molar-refractivity contribution is 5.76. The van der Waals surface area contributed by atoms with Crippen LogP contribution in [0.2, 0.25) is 0 Å². The fraction of sp³-hybridized carbons (Fsp3) is 0.0833. The van der Waals surface area contributed by atoms with Gasteiger partial charge < -0.3 is 10.3 Å². The van der Waals surface area contributed by atoms with Gasteiger partial charge in [-0.2, -0.15) is 13.2 Å². The molecule has 2 rings (SSSR count). The number of amides is 1. The summed E-state index contributed by atoms with van der Waals surface area (Å²) in [7, 11) is 0. The number of aromatic nitrogens is 1. The van der Waals surface area contributed by atoms with Crippen LogP contribution < -0.4 is 5.32 Å². The summed E-state index contributed by atoms with van der Waals surface area (Å²) >= 11 is 0. The Kier molecular flexibility index (Phi) is 3.10. The van der Waals surface area contributed by atoms with Gasteiger partial charge >= 0.3 is 6.18 Å². The molecule has 0 aliphatic rings. The molecule has 0 aliphatic carbocycles. The molecule has 2 N–H and O–H groups in total. The fourth-order valence-corrected chi connectivity index (χ4v) is 1.67. The molecule has 0 aliphatic heterocycles. The van der Waals surface area contributed by atoms with Crippen molar-refractivity contribution in [3.8, 4) is 11.3 Å². The van der Waals surface area contributed by atoms with Gasteiger partial charge in [0, 0.05) is 17.5 Å². The summed E-state index contributed by atoms with van der Waals surface area (Å²) in [6.45, 7) is 0. The summed E-state index contributed by atoms with van der Waals surface area (Å²) in [6, 6.07) is 6.69. The summed E-state index contributed by atoms with van der Waals surface area (Å²) in [5.41, 5.74) is 0.0395. The maximum atomic E-state index is 12.8. The number of benzene rings is 1. The first kappa shape index (κ1) is 12.2. The van der Waals surface area contributed by atoms with Crippen molar-refractivity contribution >= 4 is 12.1 Å². The van der Waals surface area contributed by atoms with Crippen molar-refractivity contribution < 1.29 is 18.0 Å². The second-order valence-corrected chi connectivity index (χ2v) is 3.61. The third-order valence-corrected chi connectivity index (χ3v) is 2.43. The minimum atomic E-state index is -4.42. The number of hydrogen-bond acceptors (Lipinski definition) is 1. The third kappa shape index (κ3) is 2.37. The van der Waals surface area contributed by atoms with Gasteiger partial charge in [-0.15, -0.1) is 0 Å². The molecule has 2 aromatic rings. The SMILES string of the molecule is O=CNc1c[nH]c(-c2ccccc2C(F)(F)F)c1. The van der Waals surface area contributed by atoms with Crippen LogP contribution in [0.15, 0.2) is 36.5 Å². The first-order valence-electron chi connectivity index (χ1n) is 5.07. The van der Waals surface area contributed by atoms with Crippen LogP contribution in [-0.2, 0) is 11.0 Å². The predicted molar refractivity (Wildman–Crippen MR) is 60.9 cm³/mol. The number of halogens is 3. The van der Waals surface area contributed by atoms with Gasteiger partial charge in [0.1, 0.15) is 0 Å². The molecule has 0 unspecified atom stereocenters. The summed E-state index contributed by atoms with van der Waals surface area (Å²) in [4.78, 5) is 12.9. The highest BCUT2D eigenvalue weighted by Crippen LogP contribution is 2.36. The van der Waals surface area contributed by atoms with E-state index in [1.807, 2.05) is 0 Å². The molecule has 94 valence electrons. The van der Waals surface area contributed by atoms with E-state index >= 15 is 0 Å². The van der Waals surface area contributed by atoms with Gasteiger partial charge in [0.15, 0.2) is 0 Å². The predicted octanol–water partition coefficient (Wildman–Crippen LogP) is 3.27. The average Bonchev–Trinajstić information content (AvgIpc) is 2.77. The summed E-state index contributed by atoms with van der Waals surface area (Å²) < 4.78 is 38.4. The topological polar surface area (TPSA) is 44.9 Å². The lowest BCUT2D eigenvalue weighted by atomic mass is 10.0. The highest BCUT2D eigenvalue weighted by Gasteiger charge is 2.33. The van der Waals surface area contributed by atoms with E-state index in [4.69, 9.17) is 0 Å². The van der Waals surface area contributed by atoms with Crippen molar-refractivity contribution in [2.75, 3.05) is 5.32 Å². The molecule has 0 saturated carbocycles. The van der Waals surface area contributed by atoms with Crippen LogP contribution in [0.3, 0.4) is 0 Å². The number of anilines is 1. The molecule has 0 atom stereocenters. The summed E-state index contributed by atoms with van der Waals surface area (Å²) in [5.74, 6) is 0. The van der Waals surface area contributed by atoms with Gasteiger partial charge in [-0.1, -0.05) is 18.2 Å². The van der Waals surface area contributed by atoms with E-state index in [9.17, 15) is 18.0 Å². The molecule has 1 aromatic heterocycles. The second-order valence-electron chi connectivity index (χ2n) is 3.61. The normalized spacial score (nSPS) is 11.3. The van der Waals surface area contributed by atoms with Crippen LogP contribution in [0.25, 0.3) is 11.3 Å². The van der Waals surface area contributed by atoms with E-state index < -0.39 is 11.7 Å². The molecule has 1 amide bonds. The second kappa shape index (κ2) is 4.56. The standard InChI is InChI=1S/C12H9F3N2O/c13-12(14,15)10-4-2-1-3-9(10)11-5-8(6-16-11)17-7-18/h1-7,16H,(H,17,18). The number of hydrogen-bond donors (Lipinski definition) is 2. The Bertz CT molecular complexity index is 560. The Hall–Kier alpha value is -2.24. The number of aromatic amines is 1. The van der Waals surface area contributed by atoms with E-state index in [1.165, 1.54) is 30.5 Å². The van der Waals surface area contributed by atoms with Gasteiger partial charge in [-0.25, -0.2) is 0 Å². The lowest BCUT2D eigenvalue weighted by Crippen LogP contribution is -2.06. The van der Waals surface area contributed by atoms with Crippen LogP contribution in [0.4, 0.5) is 18.9 Å². The molecule has 6 heteroatoms. The quantitative estimate of drug-likeness (QED) is 0.811. The largest absolute Gasteiger partial charge is 0.417 e. The maximum Gasteiger partial charge on any atom is 0.417 e. The lowest BCUT2D eigenvalue weighted by molar-refractivity contribution is -0.137.